The number of furan rings is 1. The van der Waals surface area contributed by atoms with E-state index in [1.54, 1.807) is 6.07 Å². The van der Waals surface area contributed by atoms with Gasteiger partial charge in [-0.25, -0.2) is 4.39 Å². The van der Waals surface area contributed by atoms with Gasteiger partial charge in [0.2, 0.25) is 0 Å². The Kier molecular flexibility index (Phi) is 9.08. The topological polar surface area (TPSA) is 38.9 Å². The normalized spacial score (nSPS) is 11.6. The summed E-state index contributed by atoms with van der Waals surface area (Å²) >= 11 is 0. The molecule has 0 N–H and O–H groups in total. The second kappa shape index (κ2) is 12.2. The third-order valence-corrected chi connectivity index (χ3v) is 8.90. The fraction of sp³-hybridized carbons (Fsp3) is 0.200. The van der Waals surface area contributed by atoms with Gasteiger partial charge in [-0.2, -0.15) is 0 Å². The molecule has 6 heteroatoms. The van der Waals surface area contributed by atoms with Gasteiger partial charge in [0.1, 0.15) is 11.4 Å². The molecule has 0 fully saturated rings. The van der Waals surface area contributed by atoms with Gasteiger partial charge in [0.05, 0.1) is 19.9 Å². The molecule has 0 saturated carbocycles. The molecule has 211 valence electrons. The average Bonchev–Trinajstić information content (AvgIpc) is 3.32. The van der Waals surface area contributed by atoms with E-state index in [2.05, 4.69) is 53.9 Å². The van der Waals surface area contributed by atoms with E-state index in [-0.39, 0.29) is 31.3 Å². The van der Waals surface area contributed by atoms with Gasteiger partial charge in [-0.05, 0) is 33.6 Å². The van der Waals surface area contributed by atoms with Crippen LogP contribution in [0.5, 0.6) is 0 Å². The van der Waals surface area contributed by atoms with Gasteiger partial charge in [-0.3, -0.25) is 0 Å². The molecule has 0 spiro atoms. The summed E-state index contributed by atoms with van der Waals surface area (Å²) in [6.07, 6.45) is 3.30. The maximum atomic E-state index is 14.2. The van der Waals surface area contributed by atoms with Crippen LogP contribution in [0.15, 0.2) is 95.7 Å². The molecule has 3 aromatic carbocycles. The van der Waals surface area contributed by atoms with E-state index in [4.69, 9.17) is 4.42 Å². The summed E-state index contributed by atoms with van der Waals surface area (Å²) in [5.41, 5.74) is 5.38. The maximum absolute atomic E-state index is 14.2. The van der Waals surface area contributed by atoms with Crippen LogP contribution in [0.3, 0.4) is 0 Å². The van der Waals surface area contributed by atoms with Gasteiger partial charge in [-0.1, -0.05) is 87.8 Å². The largest absolute Gasteiger partial charge is 0.501 e. The van der Waals surface area contributed by atoms with Crippen molar-refractivity contribution in [3.05, 3.63) is 115 Å². The number of pyridine rings is 2. The third-order valence-electron chi connectivity index (χ3n) is 6.87. The average molecular weight is 737 g/mol. The smallest absolute Gasteiger partial charge is 0.143 e. The zero-order valence-electron chi connectivity index (χ0n) is 24.2. The summed E-state index contributed by atoms with van der Waals surface area (Å²) in [4.78, 5) is 8.80. The minimum atomic E-state index is -1.23. The summed E-state index contributed by atoms with van der Waals surface area (Å²) in [6, 6.07) is 32.2. The number of para-hydroxylation sites is 1. The van der Waals surface area contributed by atoms with E-state index in [0.29, 0.717) is 11.3 Å². The molecular weight excluding hydrogens is 704 g/mol. The summed E-state index contributed by atoms with van der Waals surface area (Å²) in [5, 5.41) is 3.47. The molecule has 0 aliphatic heterocycles. The molecular formula is C35H33FIrN2OSi-2. The Bertz CT molecular complexity index is 1770. The maximum Gasteiger partial charge on any atom is 0.143 e. The van der Waals surface area contributed by atoms with Crippen LogP contribution in [0, 0.1) is 17.9 Å². The van der Waals surface area contributed by atoms with E-state index in [0.717, 1.165) is 38.8 Å². The predicted octanol–water partition coefficient (Wildman–Crippen LogP) is 8.98. The minimum absolute atomic E-state index is 0. The van der Waals surface area contributed by atoms with Crippen molar-refractivity contribution in [1.82, 2.24) is 9.97 Å². The standard InChI is InChI=1S/C21H17FNO.C14H16NSi.Ir/c1-21(2,3)16-11-18(23-12-17(16)22)15-9-6-8-14-13-7-4-5-10-19(13)24-20(14)15;1-16(2,3)13-9-10-14(15-11-13)12-7-5-4-6-8-12;/h4-8,10-12H,1-3H3;4-7,9-11H,1-3H3;/q2*-1;. The summed E-state index contributed by atoms with van der Waals surface area (Å²) in [6.45, 7) is 13.0. The van der Waals surface area contributed by atoms with Crippen LogP contribution in [0.1, 0.15) is 26.3 Å². The number of halogens is 1. The van der Waals surface area contributed by atoms with E-state index < -0.39 is 8.07 Å². The quantitative estimate of drug-likeness (QED) is 0.135. The molecule has 0 unspecified atom stereocenters. The molecule has 0 saturated heterocycles. The van der Waals surface area contributed by atoms with Crippen LogP contribution in [-0.2, 0) is 25.5 Å². The van der Waals surface area contributed by atoms with Crippen LogP contribution >= 0.6 is 0 Å². The van der Waals surface area contributed by atoms with Crippen molar-refractivity contribution in [3.63, 3.8) is 0 Å². The van der Waals surface area contributed by atoms with E-state index in [1.165, 1.54) is 11.4 Å². The van der Waals surface area contributed by atoms with Crippen molar-refractivity contribution >= 4 is 35.2 Å². The molecule has 6 aromatic rings. The van der Waals surface area contributed by atoms with E-state index >= 15 is 0 Å². The van der Waals surface area contributed by atoms with E-state index in [1.807, 2.05) is 87.6 Å². The first-order valence-corrected chi connectivity index (χ1v) is 16.9. The molecule has 3 nitrogen and oxygen atoms in total. The monoisotopic (exact) mass is 737 g/mol. The molecule has 0 aliphatic carbocycles. The fourth-order valence-electron chi connectivity index (χ4n) is 4.58. The van der Waals surface area contributed by atoms with Gasteiger partial charge in [-0.15, -0.1) is 54.1 Å². The number of rotatable bonds is 3. The number of nitrogens with zero attached hydrogens (tertiary/aromatic N) is 2. The van der Waals surface area contributed by atoms with Crippen LogP contribution in [0.25, 0.3) is 44.5 Å². The Morgan fingerprint density at radius 3 is 2.17 bits per heavy atom. The molecule has 41 heavy (non-hydrogen) atoms. The molecule has 0 bridgehead atoms. The summed E-state index contributed by atoms with van der Waals surface area (Å²) < 4.78 is 20.2. The number of fused-ring (bicyclic) bond motifs is 3. The van der Waals surface area contributed by atoms with Gasteiger partial charge < -0.3 is 14.4 Å². The number of aromatic nitrogens is 2. The van der Waals surface area contributed by atoms with Crippen molar-refractivity contribution in [2.45, 2.75) is 45.8 Å². The molecule has 3 aromatic heterocycles. The predicted molar refractivity (Wildman–Crippen MR) is 166 cm³/mol. The SMILES string of the molecule is CC(C)(C)c1cc(-c2[c-]ccc3c2oc2ccccc23)ncc1F.C[Si](C)(C)c1ccc(-c2[c-]cccc2)nc1.[Ir]. The fourth-order valence-corrected chi connectivity index (χ4v) is 5.62. The van der Waals surface area contributed by atoms with Gasteiger partial charge >= 0.3 is 0 Å². The van der Waals surface area contributed by atoms with Crippen LogP contribution in [0.2, 0.25) is 19.6 Å². The Balaban J connectivity index is 0.000000200. The zero-order chi connectivity index (χ0) is 28.5. The van der Waals surface area contributed by atoms with Gasteiger partial charge in [0.25, 0.3) is 0 Å². The molecule has 0 amide bonds. The number of hydrogen-bond acceptors (Lipinski definition) is 3. The molecule has 6 rings (SSSR count). The zero-order valence-corrected chi connectivity index (χ0v) is 27.6. The first kappa shape index (κ1) is 30.5. The molecule has 0 aliphatic rings. The number of benzene rings is 3. The van der Waals surface area contributed by atoms with Crippen molar-refractivity contribution in [2.24, 2.45) is 0 Å². The van der Waals surface area contributed by atoms with Crippen LogP contribution in [-0.4, -0.2) is 18.0 Å². The second-order valence-corrected chi connectivity index (χ2v) is 17.0. The number of hydrogen-bond donors (Lipinski definition) is 0. The molecule has 0 atom stereocenters. The summed E-state index contributed by atoms with van der Waals surface area (Å²) in [7, 11) is -1.23. The van der Waals surface area contributed by atoms with E-state index in [9.17, 15) is 4.39 Å². The van der Waals surface area contributed by atoms with Crippen LogP contribution in [0.4, 0.5) is 4.39 Å². The Morgan fingerprint density at radius 2 is 1.51 bits per heavy atom. The first-order valence-electron chi connectivity index (χ1n) is 13.4. The molecule has 3 heterocycles. The Labute approximate surface area is 256 Å². The second-order valence-electron chi connectivity index (χ2n) is 12.0. The minimum Gasteiger partial charge on any atom is -0.501 e. The van der Waals surface area contributed by atoms with Gasteiger partial charge in [0, 0.05) is 31.7 Å². The third kappa shape index (κ3) is 6.73. The van der Waals surface area contributed by atoms with Crippen molar-refractivity contribution in [1.29, 1.82) is 0 Å². The van der Waals surface area contributed by atoms with Crippen molar-refractivity contribution in [2.75, 3.05) is 0 Å². The molecule has 1 radical (unpaired) electrons. The van der Waals surface area contributed by atoms with Crippen molar-refractivity contribution in [3.8, 4) is 22.5 Å². The Hall–Kier alpha value is -3.44. The van der Waals surface area contributed by atoms with Gasteiger partial charge in [0.15, 0.2) is 0 Å². The van der Waals surface area contributed by atoms with Crippen molar-refractivity contribution < 1.29 is 28.9 Å². The Morgan fingerprint density at radius 1 is 0.780 bits per heavy atom. The first-order chi connectivity index (χ1) is 19.0. The van der Waals surface area contributed by atoms with Crippen LogP contribution < -0.4 is 5.19 Å². The summed E-state index contributed by atoms with van der Waals surface area (Å²) in [5.74, 6) is -0.289.